The van der Waals surface area contributed by atoms with Crippen LogP contribution in [-0.4, -0.2) is 12.3 Å². The number of ether oxygens (including phenoxy) is 1. The molecule has 0 radical (unpaired) electrons. The fourth-order valence-electron chi connectivity index (χ4n) is 1.55. The van der Waals surface area contributed by atoms with E-state index >= 15 is 0 Å². The minimum atomic E-state index is -0.328. The predicted molar refractivity (Wildman–Crippen MR) is 69.2 cm³/mol. The number of methoxy groups -OCH3 is 1. The monoisotopic (exact) mass is 267 g/mol. The van der Waals surface area contributed by atoms with Crippen molar-refractivity contribution in [2.24, 2.45) is 0 Å². The van der Waals surface area contributed by atoms with Crippen LogP contribution in [0.15, 0.2) is 28.8 Å². The second-order valence-electron chi connectivity index (χ2n) is 3.90. The summed E-state index contributed by atoms with van der Waals surface area (Å²) in [5, 5.41) is 3.81. The molecular weight excluding hydrogens is 253 g/mol. The van der Waals surface area contributed by atoms with Crippen molar-refractivity contribution in [2.45, 2.75) is 18.4 Å². The van der Waals surface area contributed by atoms with E-state index in [1.807, 2.05) is 19.1 Å². The molecule has 1 heterocycles. The fraction of sp³-hybridized carbons (Fsp3) is 0.308. The summed E-state index contributed by atoms with van der Waals surface area (Å²) in [5.74, 6) is 2.24. The number of halogens is 1. The molecule has 1 aromatic heterocycles. The maximum absolute atomic E-state index is 13.4. The highest BCUT2D eigenvalue weighted by Crippen LogP contribution is 2.22. The Balaban J connectivity index is 1.88. The van der Waals surface area contributed by atoms with Gasteiger partial charge in [-0.1, -0.05) is 11.2 Å². The topological polar surface area (TPSA) is 35.3 Å². The molecule has 0 unspecified atom stereocenters. The summed E-state index contributed by atoms with van der Waals surface area (Å²) in [6, 6.07) is 6.91. The molecule has 1 aromatic carbocycles. The van der Waals surface area contributed by atoms with Crippen LogP contribution in [0, 0.1) is 12.7 Å². The first-order valence-electron chi connectivity index (χ1n) is 5.51. The fourth-order valence-corrected chi connectivity index (χ4v) is 2.41. The summed E-state index contributed by atoms with van der Waals surface area (Å²) < 4.78 is 23.4. The van der Waals surface area contributed by atoms with Crippen LogP contribution in [0.3, 0.4) is 0 Å². The molecule has 96 valence electrons. The molecule has 0 aliphatic heterocycles. The third-order valence-corrected chi connectivity index (χ3v) is 3.43. The Morgan fingerprint density at radius 1 is 1.33 bits per heavy atom. The number of aryl methyl sites for hydroxylation is 1. The quantitative estimate of drug-likeness (QED) is 0.829. The maximum atomic E-state index is 13.4. The van der Waals surface area contributed by atoms with Gasteiger partial charge in [0.05, 0.1) is 18.6 Å². The van der Waals surface area contributed by atoms with Crippen molar-refractivity contribution >= 4 is 11.8 Å². The second kappa shape index (κ2) is 5.91. The zero-order valence-corrected chi connectivity index (χ0v) is 11.1. The van der Waals surface area contributed by atoms with E-state index in [9.17, 15) is 4.39 Å². The number of hydrogen-bond acceptors (Lipinski definition) is 4. The van der Waals surface area contributed by atoms with Gasteiger partial charge < -0.3 is 9.26 Å². The van der Waals surface area contributed by atoms with Gasteiger partial charge in [-0.15, -0.1) is 11.8 Å². The Hall–Kier alpha value is -1.49. The first-order valence-corrected chi connectivity index (χ1v) is 6.67. The van der Waals surface area contributed by atoms with Crippen molar-refractivity contribution in [3.05, 3.63) is 47.1 Å². The van der Waals surface area contributed by atoms with Gasteiger partial charge in [-0.2, -0.15) is 0 Å². The minimum Gasteiger partial charge on any atom is -0.494 e. The molecule has 0 saturated carbocycles. The van der Waals surface area contributed by atoms with Crippen molar-refractivity contribution in [3.8, 4) is 5.75 Å². The molecule has 0 amide bonds. The summed E-state index contributed by atoms with van der Waals surface area (Å²) in [4.78, 5) is 0. The SMILES string of the molecule is COc1ccc(CSCc2cc(C)no2)cc1F. The van der Waals surface area contributed by atoms with Crippen LogP contribution in [0.5, 0.6) is 5.75 Å². The van der Waals surface area contributed by atoms with Gasteiger partial charge in [0.25, 0.3) is 0 Å². The van der Waals surface area contributed by atoms with Gasteiger partial charge in [0.15, 0.2) is 11.6 Å². The first kappa shape index (κ1) is 13.0. The van der Waals surface area contributed by atoms with Crippen LogP contribution in [0.2, 0.25) is 0 Å². The Bertz CT molecular complexity index is 527. The van der Waals surface area contributed by atoms with Gasteiger partial charge in [0.1, 0.15) is 5.76 Å². The number of thioether (sulfide) groups is 1. The number of hydrogen-bond donors (Lipinski definition) is 0. The summed E-state index contributed by atoms with van der Waals surface area (Å²) >= 11 is 1.65. The van der Waals surface area contributed by atoms with Crippen LogP contribution in [0.1, 0.15) is 17.0 Å². The zero-order chi connectivity index (χ0) is 13.0. The molecule has 0 aliphatic rings. The number of nitrogens with zero attached hydrogens (tertiary/aromatic N) is 1. The van der Waals surface area contributed by atoms with Crippen LogP contribution >= 0.6 is 11.8 Å². The van der Waals surface area contributed by atoms with Crippen molar-refractivity contribution in [3.63, 3.8) is 0 Å². The van der Waals surface area contributed by atoms with E-state index in [-0.39, 0.29) is 11.6 Å². The lowest BCUT2D eigenvalue weighted by atomic mass is 10.2. The lowest BCUT2D eigenvalue weighted by Crippen LogP contribution is -1.90. The number of benzene rings is 1. The van der Waals surface area contributed by atoms with Crippen molar-refractivity contribution in [1.82, 2.24) is 5.16 Å². The highest BCUT2D eigenvalue weighted by molar-refractivity contribution is 7.97. The molecule has 0 spiro atoms. The smallest absolute Gasteiger partial charge is 0.165 e. The van der Waals surface area contributed by atoms with E-state index in [1.54, 1.807) is 17.8 Å². The van der Waals surface area contributed by atoms with Crippen molar-refractivity contribution in [2.75, 3.05) is 7.11 Å². The van der Waals surface area contributed by atoms with Crippen LogP contribution in [0.4, 0.5) is 4.39 Å². The van der Waals surface area contributed by atoms with Crippen LogP contribution in [-0.2, 0) is 11.5 Å². The van der Waals surface area contributed by atoms with E-state index in [2.05, 4.69) is 5.16 Å². The van der Waals surface area contributed by atoms with E-state index in [0.29, 0.717) is 0 Å². The zero-order valence-electron chi connectivity index (χ0n) is 10.3. The van der Waals surface area contributed by atoms with Crippen molar-refractivity contribution < 1.29 is 13.7 Å². The molecule has 0 bridgehead atoms. The third-order valence-electron chi connectivity index (χ3n) is 2.41. The normalized spacial score (nSPS) is 10.6. The molecule has 0 N–H and O–H groups in total. The standard InChI is InChI=1S/C13H14FNO2S/c1-9-5-11(17-15-9)8-18-7-10-3-4-13(16-2)12(14)6-10/h3-6H,7-8H2,1-2H3. The summed E-state index contributed by atoms with van der Waals surface area (Å²) in [6.07, 6.45) is 0. The Kier molecular flexibility index (Phi) is 4.25. The van der Waals surface area contributed by atoms with Gasteiger partial charge in [-0.3, -0.25) is 0 Å². The molecule has 2 rings (SSSR count). The van der Waals surface area contributed by atoms with Crippen LogP contribution in [0.25, 0.3) is 0 Å². The van der Waals surface area contributed by atoms with E-state index < -0.39 is 0 Å². The summed E-state index contributed by atoms with van der Waals surface area (Å²) in [5.41, 5.74) is 1.80. The van der Waals surface area contributed by atoms with Gasteiger partial charge in [-0.05, 0) is 24.6 Å². The van der Waals surface area contributed by atoms with E-state index in [1.165, 1.54) is 13.2 Å². The molecular formula is C13H14FNO2S. The molecule has 0 saturated heterocycles. The lowest BCUT2D eigenvalue weighted by Gasteiger charge is -2.04. The molecule has 18 heavy (non-hydrogen) atoms. The number of rotatable bonds is 5. The maximum Gasteiger partial charge on any atom is 0.165 e. The molecule has 2 aromatic rings. The highest BCUT2D eigenvalue weighted by Gasteiger charge is 2.05. The van der Waals surface area contributed by atoms with Gasteiger partial charge in [0.2, 0.25) is 0 Å². The van der Waals surface area contributed by atoms with Gasteiger partial charge in [0, 0.05) is 11.8 Å². The predicted octanol–water partition coefficient (Wildman–Crippen LogP) is 3.56. The molecule has 0 aliphatic carbocycles. The Morgan fingerprint density at radius 2 is 2.17 bits per heavy atom. The van der Waals surface area contributed by atoms with Crippen molar-refractivity contribution in [1.29, 1.82) is 0 Å². The number of aromatic nitrogens is 1. The minimum absolute atomic E-state index is 0.273. The third kappa shape index (κ3) is 3.26. The Morgan fingerprint density at radius 3 is 2.78 bits per heavy atom. The van der Waals surface area contributed by atoms with Gasteiger partial charge >= 0.3 is 0 Å². The van der Waals surface area contributed by atoms with E-state index in [0.717, 1.165) is 28.5 Å². The summed E-state index contributed by atoms with van der Waals surface area (Å²) in [7, 11) is 1.46. The first-order chi connectivity index (χ1) is 8.69. The lowest BCUT2D eigenvalue weighted by molar-refractivity contribution is 0.386. The molecule has 0 atom stereocenters. The molecule has 0 fully saturated rings. The molecule has 3 nitrogen and oxygen atoms in total. The average molecular weight is 267 g/mol. The Labute approximate surface area is 109 Å². The molecule has 5 heteroatoms. The summed E-state index contributed by atoms with van der Waals surface area (Å²) in [6.45, 7) is 1.89. The van der Waals surface area contributed by atoms with E-state index in [4.69, 9.17) is 9.26 Å². The average Bonchev–Trinajstić information content (AvgIpc) is 2.75. The van der Waals surface area contributed by atoms with Gasteiger partial charge in [-0.25, -0.2) is 4.39 Å². The highest BCUT2D eigenvalue weighted by atomic mass is 32.2. The second-order valence-corrected chi connectivity index (χ2v) is 4.88. The van der Waals surface area contributed by atoms with Crippen LogP contribution < -0.4 is 4.74 Å². The largest absolute Gasteiger partial charge is 0.494 e.